The molecule has 1 saturated heterocycles. The predicted octanol–water partition coefficient (Wildman–Crippen LogP) is 3.27. The summed E-state index contributed by atoms with van der Waals surface area (Å²) in [6.45, 7) is 8.51. The van der Waals surface area contributed by atoms with Crippen LogP contribution in [0.2, 0.25) is 0 Å². The van der Waals surface area contributed by atoms with Gasteiger partial charge in [0.25, 0.3) is 0 Å². The Labute approximate surface area is 116 Å². The first-order valence-electron chi connectivity index (χ1n) is 7.43. The molecule has 0 aromatic heterocycles. The lowest BCUT2D eigenvalue weighted by Gasteiger charge is -2.36. The number of halogens is 1. The first-order chi connectivity index (χ1) is 9.22. The zero-order valence-corrected chi connectivity index (χ0v) is 12.1. The largest absolute Gasteiger partial charge is 0.314 e. The molecule has 1 aliphatic heterocycles. The normalized spacial score (nSPS) is 18.5. The van der Waals surface area contributed by atoms with E-state index >= 15 is 0 Å². The Morgan fingerprint density at radius 3 is 2.74 bits per heavy atom. The summed E-state index contributed by atoms with van der Waals surface area (Å²) in [4.78, 5) is 2.51. The molecule has 2 nitrogen and oxygen atoms in total. The standard InChI is InChI=1S/C16H25FN2/c1-3-4-5-16(19-10-8-18-9-11-19)15-12-14(17)7-6-13(15)2/h6-7,12,16,18H,3-5,8-11H2,1-2H3/t16-/m0/s1. The van der Waals surface area contributed by atoms with Gasteiger partial charge in [-0.1, -0.05) is 25.8 Å². The molecule has 1 atom stereocenters. The Morgan fingerprint density at radius 1 is 1.32 bits per heavy atom. The smallest absolute Gasteiger partial charge is 0.123 e. The lowest BCUT2D eigenvalue weighted by Crippen LogP contribution is -2.45. The fourth-order valence-corrected chi connectivity index (χ4v) is 2.90. The van der Waals surface area contributed by atoms with Crippen LogP contribution < -0.4 is 5.32 Å². The highest BCUT2D eigenvalue weighted by molar-refractivity contribution is 5.29. The average Bonchev–Trinajstić information content (AvgIpc) is 2.44. The summed E-state index contributed by atoms with van der Waals surface area (Å²) < 4.78 is 13.6. The highest BCUT2D eigenvalue weighted by Crippen LogP contribution is 2.29. The maximum atomic E-state index is 13.6. The van der Waals surface area contributed by atoms with Crippen LogP contribution in [-0.4, -0.2) is 31.1 Å². The van der Waals surface area contributed by atoms with E-state index in [0.29, 0.717) is 6.04 Å². The number of piperazine rings is 1. The van der Waals surface area contributed by atoms with Gasteiger partial charge < -0.3 is 5.32 Å². The summed E-state index contributed by atoms with van der Waals surface area (Å²) in [5.41, 5.74) is 2.39. The highest BCUT2D eigenvalue weighted by Gasteiger charge is 2.23. The summed E-state index contributed by atoms with van der Waals surface area (Å²) in [5.74, 6) is -0.114. The molecule has 3 heteroatoms. The van der Waals surface area contributed by atoms with Crippen LogP contribution in [0.15, 0.2) is 18.2 Å². The minimum Gasteiger partial charge on any atom is -0.314 e. The molecule has 0 bridgehead atoms. The van der Waals surface area contributed by atoms with Gasteiger partial charge in [-0.25, -0.2) is 4.39 Å². The first-order valence-corrected chi connectivity index (χ1v) is 7.43. The van der Waals surface area contributed by atoms with Gasteiger partial charge >= 0.3 is 0 Å². The van der Waals surface area contributed by atoms with E-state index in [1.165, 1.54) is 24.0 Å². The zero-order valence-electron chi connectivity index (χ0n) is 12.1. The Bertz CT molecular complexity index is 400. The van der Waals surface area contributed by atoms with Crippen molar-refractivity contribution in [2.24, 2.45) is 0 Å². The van der Waals surface area contributed by atoms with Crippen LogP contribution in [0.5, 0.6) is 0 Å². The van der Waals surface area contributed by atoms with Gasteiger partial charge in [-0.2, -0.15) is 0 Å². The zero-order chi connectivity index (χ0) is 13.7. The first kappa shape index (κ1) is 14.5. The molecule has 1 aromatic carbocycles. The molecule has 0 amide bonds. The highest BCUT2D eigenvalue weighted by atomic mass is 19.1. The van der Waals surface area contributed by atoms with Gasteiger partial charge in [0, 0.05) is 32.2 Å². The molecule has 0 spiro atoms. The Kier molecular flexibility index (Phi) is 5.34. The fraction of sp³-hybridized carbons (Fsp3) is 0.625. The Balaban J connectivity index is 2.22. The third-order valence-corrected chi connectivity index (χ3v) is 4.02. The van der Waals surface area contributed by atoms with Gasteiger partial charge in [-0.3, -0.25) is 4.90 Å². The van der Waals surface area contributed by atoms with Crippen molar-refractivity contribution in [3.8, 4) is 0 Å². The van der Waals surface area contributed by atoms with Crippen LogP contribution >= 0.6 is 0 Å². The van der Waals surface area contributed by atoms with E-state index in [9.17, 15) is 4.39 Å². The lowest BCUT2D eigenvalue weighted by molar-refractivity contribution is 0.162. The summed E-state index contributed by atoms with van der Waals surface area (Å²) >= 11 is 0. The topological polar surface area (TPSA) is 15.3 Å². The quantitative estimate of drug-likeness (QED) is 0.878. The maximum absolute atomic E-state index is 13.6. The monoisotopic (exact) mass is 264 g/mol. The molecule has 0 saturated carbocycles. The van der Waals surface area contributed by atoms with Gasteiger partial charge in [-0.15, -0.1) is 0 Å². The Hall–Kier alpha value is -0.930. The molecule has 2 rings (SSSR count). The number of hydrogen-bond acceptors (Lipinski definition) is 2. The van der Waals surface area contributed by atoms with Crippen LogP contribution in [0, 0.1) is 12.7 Å². The van der Waals surface area contributed by atoms with Crippen molar-refractivity contribution in [3.05, 3.63) is 35.1 Å². The van der Waals surface area contributed by atoms with Crippen molar-refractivity contribution in [2.45, 2.75) is 39.2 Å². The number of unbranched alkanes of at least 4 members (excludes halogenated alkanes) is 1. The summed E-state index contributed by atoms with van der Waals surface area (Å²) in [6.07, 6.45) is 3.52. The maximum Gasteiger partial charge on any atom is 0.123 e. The van der Waals surface area contributed by atoms with Crippen molar-refractivity contribution in [2.75, 3.05) is 26.2 Å². The number of rotatable bonds is 5. The van der Waals surface area contributed by atoms with Crippen molar-refractivity contribution in [1.29, 1.82) is 0 Å². The minimum absolute atomic E-state index is 0.114. The predicted molar refractivity (Wildman–Crippen MR) is 77.8 cm³/mol. The molecule has 1 aromatic rings. The van der Waals surface area contributed by atoms with E-state index in [1.54, 1.807) is 12.1 Å². The van der Waals surface area contributed by atoms with E-state index in [4.69, 9.17) is 0 Å². The van der Waals surface area contributed by atoms with Crippen molar-refractivity contribution in [3.63, 3.8) is 0 Å². The molecular weight excluding hydrogens is 239 g/mol. The van der Waals surface area contributed by atoms with Gasteiger partial charge in [0.2, 0.25) is 0 Å². The molecule has 0 aliphatic carbocycles. The number of nitrogens with zero attached hydrogens (tertiary/aromatic N) is 1. The number of benzene rings is 1. The average molecular weight is 264 g/mol. The minimum atomic E-state index is -0.114. The van der Waals surface area contributed by atoms with E-state index in [-0.39, 0.29) is 5.82 Å². The second kappa shape index (κ2) is 7.01. The number of hydrogen-bond donors (Lipinski definition) is 1. The van der Waals surface area contributed by atoms with Crippen LogP contribution in [-0.2, 0) is 0 Å². The Morgan fingerprint density at radius 2 is 2.05 bits per heavy atom. The molecule has 19 heavy (non-hydrogen) atoms. The van der Waals surface area contributed by atoms with Gasteiger partial charge in [0.15, 0.2) is 0 Å². The number of aryl methyl sites for hydroxylation is 1. The van der Waals surface area contributed by atoms with E-state index in [1.807, 2.05) is 6.07 Å². The molecule has 1 heterocycles. The van der Waals surface area contributed by atoms with Gasteiger partial charge in [-0.05, 0) is 36.6 Å². The van der Waals surface area contributed by atoms with Crippen LogP contribution in [0.3, 0.4) is 0 Å². The number of nitrogens with one attached hydrogen (secondary N) is 1. The lowest BCUT2D eigenvalue weighted by atomic mass is 9.95. The summed E-state index contributed by atoms with van der Waals surface area (Å²) in [7, 11) is 0. The summed E-state index contributed by atoms with van der Waals surface area (Å²) in [5, 5.41) is 3.39. The van der Waals surface area contributed by atoms with Crippen LogP contribution in [0.4, 0.5) is 4.39 Å². The van der Waals surface area contributed by atoms with E-state index in [2.05, 4.69) is 24.1 Å². The second-order valence-corrected chi connectivity index (χ2v) is 5.44. The fourth-order valence-electron chi connectivity index (χ4n) is 2.90. The van der Waals surface area contributed by atoms with Crippen molar-refractivity contribution < 1.29 is 4.39 Å². The SMILES string of the molecule is CCCC[C@@H](c1cc(F)ccc1C)N1CCNCC1. The van der Waals surface area contributed by atoms with Crippen LogP contribution in [0.1, 0.15) is 43.4 Å². The van der Waals surface area contributed by atoms with Crippen molar-refractivity contribution >= 4 is 0 Å². The third kappa shape index (κ3) is 3.77. The van der Waals surface area contributed by atoms with E-state index in [0.717, 1.165) is 32.6 Å². The molecule has 1 fully saturated rings. The summed E-state index contributed by atoms with van der Waals surface area (Å²) in [6, 6.07) is 5.58. The molecule has 0 radical (unpaired) electrons. The van der Waals surface area contributed by atoms with Gasteiger partial charge in [0.1, 0.15) is 5.82 Å². The van der Waals surface area contributed by atoms with E-state index < -0.39 is 0 Å². The molecule has 1 N–H and O–H groups in total. The van der Waals surface area contributed by atoms with Crippen LogP contribution in [0.25, 0.3) is 0 Å². The van der Waals surface area contributed by atoms with Crippen molar-refractivity contribution in [1.82, 2.24) is 10.2 Å². The molecule has 0 unspecified atom stereocenters. The van der Waals surface area contributed by atoms with Gasteiger partial charge in [0.05, 0.1) is 0 Å². The third-order valence-electron chi connectivity index (χ3n) is 4.02. The molecule has 106 valence electrons. The molecule has 1 aliphatic rings. The second-order valence-electron chi connectivity index (χ2n) is 5.44. The molecular formula is C16H25FN2.